The molecule has 2 aliphatic rings. The number of hydrogen-bond acceptors (Lipinski definition) is 7. The Kier molecular flexibility index (Phi) is 6.62. The molecule has 1 aromatic rings. The van der Waals surface area contributed by atoms with Crippen molar-refractivity contribution in [1.82, 2.24) is 14.2 Å². The van der Waals surface area contributed by atoms with Gasteiger partial charge >= 0.3 is 5.97 Å². The van der Waals surface area contributed by atoms with Gasteiger partial charge in [0.2, 0.25) is 10.0 Å². The molecule has 1 N–H and O–H groups in total. The number of amides is 1. The Morgan fingerprint density at radius 1 is 1.21 bits per heavy atom. The summed E-state index contributed by atoms with van der Waals surface area (Å²) in [4.78, 5) is 29.2. The highest BCUT2D eigenvalue weighted by Gasteiger charge is 2.32. The number of morpholine rings is 2. The van der Waals surface area contributed by atoms with E-state index in [2.05, 4.69) is 4.98 Å². The van der Waals surface area contributed by atoms with Crippen molar-refractivity contribution in [3.8, 4) is 0 Å². The molecule has 0 aliphatic carbocycles. The molecule has 1 amide bonds. The molecule has 3 heterocycles. The molecule has 2 aliphatic heterocycles. The number of carbonyl (C=O) groups excluding carboxylic acids is 2. The number of sulfonamides is 1. The van der Waals surface area contributed by atoms with Crippen LogP contribution in [-0.4, -0.2) is 92.2 Å². The third-order valence-corrected chi connectivity index (χ3v) is 6.72. The number of nitrogens with one attached hydrogen (secondary N) is 1. The summed E-state index contributed by atoms with van der Waals surface area (Å²) in [6.07, 6.45) is 0.0608. The van der Waals surface area contributed by atoms with Crippen molar-refractivity contribution in [3.63, 3.8) is 0 Å². The zero-order chi connectivity index (χ0) is 21.2. The number of carbonyl (C=O) groups is 2. The summed E-state index contributed by atoms with van der Waals surface area (Å²) < 4.78 is 42.6. The Bertz CT molecular complexity index is 837. The van der Waals surface area contributed by atoms with Gasteiger partial charge in [-0.3, -0.25) is 4.79 Å². The second-order valence-electron chi connectivity index (χ2n) is 7.31. The van der Waals surface area contributed by atoms with Crippen LogP contribution in [0.3, 0.4) is 0 Å². The van der Waals surface area contributed by atoms with E-state index in [4.69, 9.17) is 14.2 Å². The normalized spacial score (nSPS) is 24.9. The number of esters is 1. The fourth-order valence-electron chi connectivity index (χ4n) is 3.47. The van der Waals surface area contributed by atoms with Crippen molar-refractivity contribution in [3.05, 3.63) is 18.0 Å². The first kappa shape index (κ1) is 21.8. The Balaban J connectivity index is 1.63. The molecule has 29 heavy (non-hydrogen) atoms. The standard InChI is InChI=1S/C18H27N3O7S/c1-12-10-20(11-13(2)27-12)17(22)14(3)28-18(23)16-8-15(9-19-16)29(24,25)21-4-6-26-7-5-21/h8-9,12-14,19H,4-7,10-11H2,1-3H3. The van der Waals surface area contributed by atoms with Gasteiger partial charge in [-0.2, -0.15) is 4.31 Å². The molecule has 162 valence electrons. The first-order valence-corrected chi connectivity index (χ1v) is 11.0. The highest BCUT2D eigenvalue weighted by molar-refractivity contribution is 7.89. The predicted octanol–water partition coefficient (Wildman–Crippen LogP) is 0.217. The molecule has 3 unspecified atom stereocenters. The Morgan fingerprint density at radius 3 is 2.45 bits per heavy atom. The van der Waals surface area contributed by atoms with Gasteiger partial charge in [0.25, 0.3) is 5.91 Å². The molecule has 3 rings (SSSR count). The molecule has 2 fully saturated rings. The van der Waals surface area contributed by atoms with E-state index in [1.807, 2.05) is 13.8 Å². The van der Waals surface area contributed by atoms with Gasteiger partial charge in [0.05, 0.1) is 25.4 Å². The molecular formula is C18H27N3O7S. The maximum atomic E-state index is 12.6. The van der Waals surface area contributed by atoms with E-state index in [9.17, 15) is 18.0 Å². The summed E-state index contributed by atoms with van der Waals surface area (Å²) in [5.41, 5.74) is -0.0276. The Morgan fingerprint density at radius 2 is 1.83 bits per heavy atom. The van der Waals surface area contributed by atoms with E-state index in [1.54, 1.807) is 4.90 Å². The van der Waals surface area contributed by atoms with Crippen molar-refractivity contribution < 1.29 is 32.2 Å². The van der Waals surface area contributed by atoms with Crippen LogP contribution >= 0.6 is 0 Å². The highest BCUT2D eigenvalue weighted by Crippen LogP contribution is 2.19. The molecule has 0 aromatic carbocycles. The van der Waals surface area contributed by atoms with Gasteiger partial charge in [-0.15, -0.1) is 0 Å². The van der Waals surface area contributed by atoms with Gasteiger partial charge in [-0.05, 0) is 26.8 Å². The molecule has 10 nitrogen and oxygen atoms in total. The second kappa shape index (κ2) is 8.82. The molecule has 0 bridgehead atoms. The SMILES string of the molecule is CC1CN(C(=O)C(C)OC(=O)c2cc(S(=O)(=O)N3CCOCC3)c[nH]2)CC(C)O1. The van der Waals surface area contributed by atoms with Crippen LogP contribution in [0.15, 0.2) is 17.2 Å². The minimum absolute atomic E-state index is 0.0267. The lowest BCUT2D eigenvalue weighted by Crippen LogP contribution is -2.51. The number of nitrogens with zero attached hydrogens (tertiary/aromatic N) is 2. The first-order chi connectivity index (χ1) is 13.7. The lowest BCUT2D eigenvalue weighted by molar-refractivity contribution is -0.151. The molecule has 0 spiro atoms. The summed E-state index contributed by atoms with van der Waals surface area (Å²) in [7, 11) is -3.72. The maximum absolute atomic E-state index is 12.6. The van der Waals surface area contributed by atoms with Crippen LogP contribution in [0.5, 0.6) is 0 Å². The molecule has 0 radical (unpaired) electrons. The molecule has 0 saturated carbocycles. The summed E-state index contributed by atoms with van der Waals surface area (Å²) in [5, 5.41) is 0. The molecule has 11 heteroatoms. The minimum atomic E-state index is -3.72. The van der Waals surface area contributed by atoms with Crippen LogP contribution in [0.4, 0.5) is 0 Å². The van der Waals surface area contributed by atoms with Crippen LogP contribution < -0.4 is 0 Å². The van der Waals surface area contributed by atoms with Crippen molar-refractivity contribution in [2.75, 3.05) is 39.4 Å². The zero-order valence-corrected chi connectivity index (χ0v) is 17.6. The third-order valence-electron chi connectivity index (χ3n) is 4.85. The van der Waals surface area contributed by atoms with E-state index in [-0.39, 0.29) is 41.8 Å². The van der Waals surface area contributed by atoms with Crippen molar-refractivity contribution >= 4 is 21.9 Å². The quantitative estimate of drug-likeness (QED) is 0.665. The largest absolute Gasteiger partial charge is 0.448 e. The van der Waals surface area contributed by atoms with E-state index in [1.165, 1.54) is 23.5 Å². The minimum Gasteiger partial charge on any atom is -0.448 e. The second-order valence-corrected chi connectivity index (χ2v) is 9.25. The number of aromatic nitrogens is 1. The third kappa shape index (κ3) is 4.97. The summed E-state index contributed by atoms with van der Waals surface area (Å²) in [5.74, 6) is -1.10. The molecule has 3 atom stereocenters. The van der Waals surface area contributed by atoms with Gasteiger partial charge in [0.15, 0.2) is 6.10 Å². The van der Waals surface area contributed by atoms with Gasteiger partial charge in [0.1, 0.15) is 10.6 Å². The van der Waals surface area contributed by atoms with Crippen molar-refractivity contribution in [2.45, 2.75) is 44.0 Å². The predicted molar refractivity (Wildman–Crippen MR) is 102 cm³/mol. The van der Waals surface area contributed by atoms with E-state index >= 15 is 0 Å². The lowest BCUT2D eigenvalue weighted by Gasteiger charge is -2.36. The van der Waals surface area contributed by atoms with E-state index < -0.39 is 22.1 Å². The fourth-order valence-corrected chi connectivity index (χ4v) is 4.87. The average molecular weight is 429 g/mol. The van der Waals surface area contributed by atoms with Crippen LogP contribution in [0.2, 0.25) is 0 Å². The Hall–Kier alpha value is -1.95. The van der Waals surface area contributed by atoms with Gasteiger partial charge in [-0.1, -0.05) is 0 Å². The number of H-pyrrole nitrogens is 1. The average Bonchev–Trinajstić information content (AvgIpc) is 3.18. The number of ether oxygens (including phenoxy) is 3. The smallest absolute Gasteiger partial charge is 0.355 e. The van der Waals surface area contributed by atoms with Gasteiger partial charge in [-0.25, -0.2) is 13.2 Å². The van der Waals surface area contributed by atoms with Crippen LogP contribution in [0.25, 0.3) is 0 Å². The first-order valence-electron chi connectivity index (χ1n) is 9.60. The van der Waals surface area contributed by atoms with Crippen LogP contribution in [-0.2, 0) is 29.0 Å². The highest BCUT2D eigenvalue weighted by atomic mass is 32.2. The number of rotatable bonds is 5. The summed E-state index contributed by atoms with van der Waals surface area (Å²) in [6.45, 7) is 7.28. The monoisotopic (exact) mass is 429 g/mol. The van der Waals surface area contributed by atoms with Gasteiger partial charge < -0.3 is 24.1 Å². The lowest BCUT2D eigenvalue weighted by atomic mass is 10.2. The molecule has 2 saturated heterocycles. The summed E-state index contributed by atoms with van der Waals surface area (Å²) in [6, 6.07) is 1.23. The fraction of sp³-hybridized carbons (Fsp3) is 0.667. The van der Waals surface area contributed by atoms with Crippen LogP contribution in [0, 0.1) is 0 Å². The Labute approximate surface area is 170 Å². The zero-order valence-electron chi connectivity index (χ0n) is 16.8. The van der Waals surface area contributed by atoms with E-state index in [0.29, 0.717) is 26.3 Å². The van der Waals surface area contributed by atoms with Crippen molar-refractivity contribution in [2.24, 2.45) is 0 Å². The molecule has 1 aromatic heterocycles. The summed E-state index contributed by atoms with van der Waals surface area (Å²) >= 11 is 0. The van der Waals surface area contributed by atoms with E-state index in [0.717, 1.165) is 0 Å². The topological polar surface area (TPSA) is 118 Å². The van der Waals surface area contributed by atoms with Crippen LogP contribution in [0.1, 0.15) is 31.3 Å². The maximum Gasteiger partial charge on any atom is 0.355 e. The van der Waals surface area contributed by atoms with Gasteiger partial charge in [0, 0.05) is 32.4 Å². The number of hydrogen-bond donors (Lipinski definition) is 1. The van der Waals surface area contributed by atoms with Crippen molar-refractivity contribution in [1.29, 1.82) is 0 Å². The number of aromatic amines is 1. The molecular weight excluding hydrogens is 402 g/mol.